The Hall–Kier alpha value is -0.670. The van der Waals surface area contributed by atoms with Crippen LogP contribution in [-0.2, 0) is 4.74 Å². The molecule has 3 heteroatoms. The number of dihydropyridines is 1. The van der Waals surface area contributed by atoms with Crippen LogP contribution in [0.15, 0.2) is 17.1 Å². The van der Waals surface area contributed by atoms with E-state index in [1.165, 1.54) is 0 Å². The number of methoxy groups -OCH3 is 1. The molecule has 0 amide bonds. The van der Waals surface area contributed by atoms with Gasteiger partial charge in [0.1, 0.15) is 6.54 Å². The van der Waals surface area contributed by atoms with Gasteiger partial charge in [-0.25, -0.2) is 0 Å². The Balaban J connectivity index is 2.60. The van der Waals surface area contributed by atoms with Crippen molar-refractivity contribution in [3.8, 4) is 0 Å². The van der Waals surface area contributed by atoms with Gasteiger partial charge in [-0.1, -0.05) is 6.92 Å². The van der Waals surface area contributed by atoms with Gasteiger partial charge in [0.05, 0.1) is 0 Å². The Morgan fingerprint density at radius 2 is 2.45 bits per heavy atom. The van der Waals surface area contributed by atoms with E-state index in [1.54, 1.807) is 19.9 Å². The van der Waals surface area contributed by atoms with Crippen molar-refractivity contribution < 1.29 is 4.74 Å². The quantitative estimate of drug-likeness (QED) is 0.607. The van der Waals surface area contributed by atoms with Gasteiger partial charge in [-0.05, 0) is 18.7 Å². The summed E-state index contributed by atoms with van der Waals surface area (Å²) in [6.07, 6.45) is 5.53. The Kier molecular flexibility index (Phi) is 2.79. The Bertz CT molecular complexity index is 177. The first-order valence-electron chi connectivity index (χ1n) is 3.68. The second-order valence-electron chi connectivity index (χ2n) is 2.31. The van der Waals surface area contributed by atoms with Crippen LogP contribution in [0.1, 0.15) is 6.92 Å². The Morgan fingerprint density at radius 1 is 1.64 bits per heavy atom. The van der Waals surface area contributed by atoms with Crippen LogP contribution in [0.2, 0.25) is 0 Å². The lowest BCUT2D eigenvalue weighted by Crippen LogP contribution is -2.46. The number of ether oxygens (including phenoxy) is 1. The smallest absolute Gasteiger partial charge is 0.163 e. The molecule has 1 atom stereocenters. The van der Waals surface area contributed by atoms with Crippen molar-refractivity contribution >= 4 is 6.21 Å². The predicted molar refractivity (Wildman–Crippen MR) is 45.3 cm³/mol. The maximum Gasteiger partial charge on any atom is 0.163 e. The summed E-state index contributed by atoms with van der Waals surface area (Å²) in [7, 11) is 1.66. The maximum atomic E-state index is 5.25. The molecular formula is C8H13N2O. The standard InChI is InChI=1S/C8H13N2O/c1-3-10-8(11-2)5-4-6-9-7-8/h4-7,10H,3H2,1-2H3. The molecule has 1 aliphatic rings. The van der Waals surface area contributed by atoms with E-state index < -0.39 is 5.72 Å². The van der Waals surface area contributed by atoms with Crippen molar-refractivity contribution in [2.45, 2.75) is 12.6 Å². The summed E-state index contributed by atoms with van der Waals surface area (Å²) in [5.74, 6) is 0. The predicted octanol–water partition coefficient (Wildman–Crippen LogP) is 0.741. The van der Waals surface area contributed by atoms with Crippen molar-refractivity contribution in [2.24, 2.45) is 4.99 Å². The fourth-order valence-electron chi connectivity index (χ4n) is 1.01. The van der Waals surface area contributed by atoms with Crippen LogP contribution >= 0.6 is 0 Å². The number of hydrogen-bond acceptors (Lipinski definition) is 3. The molecule has 0 aromatic carbocycles. The van der Waals surface area contributed by atoms with E-state index in [-0.39, 0.29) is 0 Å². The molecule has 0 fully saturated rings. The van der Waals surface area contributed by atoms with Crippen molar-refractivity contribution in [1.82, 2.24) is 5.32 Å². The molecule has 1 N–H and O–H groups in total. The minimum absolute atomic E-state index is 0.483. The number of aliphatic imine (C=N–C) groups is 1. The van der Waals surface area contributed by atoms with Gasteiger partial charge >= 0.3 is 0 Å². The fraction of sp³-hybridized carbons (Fsp3) is 0.500. The summed E-state index contributed by atoms with van der Waals surface area (Å²) in [5.41, 5.74) is -0.483. The van der Waals surface area contributed by atoms with E-state index in [4.69, 9.17) is 4.74 Å². The number of likely N-dealkylation sites (N-methyl/N-ethyl adjacent to an activating group) is 1. The highest BCUT2D eigenvalue weighted by Crippen LogP contribution is 2.15. The second-order valence-corrected chi connectivity index (χ2v) is 2.31. The van der Waals surface area contributed by atoms with Crippen LogP contribution in [0.3, 0.4) is 0 Å². The molecule has 1 radical (unpaired) electrons. The summed E-state index contributed by atoms with van der Waals surface area (Å²) < 4.78 is 5.25. The largest absolute Gasteiger partial charge is 0.358 e. The summed E-state index contributed by atoms with van der Waals surface area (Å²) in [4.78, 5) is 4.00. The monoisotopic (exact) mass is 153 g/mol. The van der Waals surface area contributed by atoms with Crippen molar-refractivity contribution in [1.29, 1.82) is 0 Å². The molecule has 3 nitrogen and oxygen atoms in total. The third kappa shape index (κ3) is 1.88. The molecule has 0 spiro atoms. The van der Waals surface area contributed by atoms with E-state index in [0.29, 0.717) is 0 Å². The molecule has 0 bridgehead atoms. The molecule has 1 aliphatic heterocycles. The zero-order chi connectivity index (χ0) is 8.16. The van der Waals surface area contributed by atoms with Crippen LogP contribution in [0.4, 0.5) is 0 Å². The Morgan fingerprint density at radius 3 is 2.91 bits per heavy atom. The normalized spacial score (nSPS) is 29.3. The third-order valence-corrected chi connectivity index (χ3v) is 1.57. The topological polar surface area (TPSA) is 33.6 Å². The van der Waals surface area contributed by atoms with Gasteiger partial charge in [-0.15, -0.1) is 0 Å². The van der Waals surface area contributed by atoms with Gasteiger partial charge in [0, 0.05) is 13.3 Å². The minimum Gasteiger partial charge on any atom is -0.358 e. The summed E-state index contributed by atoms with van der Waals surface area (Å²) in [5, 5.41) is 3.17. The van der Waals surface area contributed by atoms with Gasteiger partial charge in [0.15, 0.2) is 5.72 Å². The number of allylic oxidation sites excluding steroid dienone is 1. The fourth-order valence-corrected chi connectivity index (χ4v) is 1.01. The zero-order valence-electron chi connectivity index (χ0n) is 6.87. The van der Waals surface area contributed by atoms with E-state index in [9.17, 15) is 0 Å². The van der Waals surface area contributed by atoms with Crippen molar-refractivity contribution in [2.75, 3.05) is 13.7 Å². The SMILES string of the molecule is CCNC1(OC)[CH]N=CC=C1. The average molecular weight is 153 g/mol. The van der Waals surface area contributed by atoms with Crippen molar-refractivity contribution in [3.63, 3.8) is 0 Å². The second kappa shape index (κ2) is 3.64. The third-order valence-electron chi connectivity index (χ3n) is 1.57. The van der Waals surface area contributed by atoms with Gasteiger partial charge in [-0.2, -0.15) is 0 Å². The molecule has 0 saturated carbocycles. The highest BCUT2D eigenvalue weighted by atomic mass is 16.5. The summed E-state index contributed by atoms with van der Waals surface area (Å²) in [6, 6.07) is 0. The first-order chi connectivity index (χ1) is 5.33. The lowest BCUT2D eigenvalue weighted by molar-refractivity contribution is 0.0309. The van der Waals surface area contributed by atoms with Gasteiger partial charge < -0.3 is 4.74 Å². The molecule has 0 aromatic heterocycles. The van der Waals surface area contributed by atoms with Gasteiger partial charge in [-0.3, -0.25) is 10.3 Å². The molecular weight excluding hydrogens is 140 g/mol. The van der Waals surface area contributed by atoms with E-state index in [2.05, 4.69) is 10.3 Å². The highest BCUT2D eigenvalue weighted by molar-refractivity contribution is 5.73. The number of nitrogens with zero attached hydrogens (tertiary/aromatic N) is 1. The maximum absolute atomic E-state index is 5.25. The zero-order valence-corrected chi connectivity index (χ0v) is 6.87. The highest BCUT2D eigenvalue weighted by Gasteiger charge is 2.26. The molecule has 0 saturated heterocycles. The van der Waals surface area contributed by atoms with Crippen LogP contribution < -0.4 is 5.32 Å². The summed E-state index contributed by atoms with van der Waals surface area (Å²) >= 11 is 0. The lowest BCUT2D eigenvalue weighted by Gasteiger charge is -2.28. The van der Waals surface area contributed by atoms with E-state index in [1.807, 2.05) is 19.1 Å². The van der Waals surface area contributed by atoms with Crippen LogP contribution in [0.25, 0.3) is 0 Å². The minimum atomic E-state index is -0.483. The molecule has 0 aromatic rings. The first kappa shape index (κ1) is 8.43. The van der Waals surface area contributed by atoms with Crippen LogP contribution in [0.5, 0.6) is 0 Å². The molecule has 1 unspecified atom stereocenters. The van der Waals surface area contributed by atoms with E-state index >= 15 is 0 Å². The summed E-state index contributed by atoms with van der Waals surface area (Å²) in [6.45, 7) is 4.63. The van der Waals surface area contributed by atoms with Gasteiger partial charge in [0.25, 0.3) is 0 Å². The molecule has 0 aliphatic carbocycles. The molecule has 11 heavy (non-hydrogen) atoms. The average Bonchev–Trinajstić information content (AvgIpc) is 2.07. The lowest BCUT2D eigenvalue weighted by atomic mass is 10.1. The molecule has 1 rings (SSSR count). The first-order valence-corrected chi connectivity index (χ1v) is 3.68. The van der Waals surface area contributed by atoms with E-state index in [0.717, 1.165) is 6.54 Å². The number of rotatable bonds is 3. The number of nitrogens with one attached hydrogen (secondary N) is 1. The van der Waals surface area contributed by atoms with Gasteiger partial charge in [0.2, 0.25) is 0 Å². The van der Waals surface area contributed by atoms with Crippen molar-refractivity contribution in [3.05, 3.63) is 18.7 Å². The molecule has 1 heterocycles. The van der Waals surface area contributed by atoms with Crippen LogP contribution in [0, 0.1) is 6.54 Å². The Labute approximate surface area is 67.2 Å². The van der Waals surface area contributed by atoms with Crippen LogP contribution in [-0.4, -0.2) is 25.6 Å². The molecule has 61 valence electrons. The number of hydrogen-bond donors (Lipinski definition) is 1.